The minimum atomic E-state index is -4.90. The predicted octanol–water partition coefficient (Wildman–Crippen LogP) is 3.65. The molecular weight excluding hydrogens is 348 g/mol. The van der Waals surface area contributed by atoms with Crippen LogP contribution >= 0.6 is 22.6 Å². The highest BCUT2D eigenvalue weighted by molar-refractivity contribution is 14.1. The van der Waals surface area contributed by atoms with E-state index in [0.29, 0.717) is 6.20 Å². The number of hydrogen-bond donors (Lipinski definition) is 0. The Hall–Kier alpha value is -0.670. The molecule has 8 heteroatoms. The monoisotopic (exact) mass is 353 g/mol. The van der Waals surface area contributed by atoms with Crippen LogP contribution in [0.2, 0.25) is 0 Å². The molecule has 90 valence electrons. The second kappa shape index (κ2) is 4.68. The third-order valence-corrected chi connectivity index (χ3v) is 2.51. The average molecular weight is 353 g/mol. The highest BCUT2D eigenvalue weighted by atomic mass is 127. The van der Waals surface area contributed by atoms with E-state index in [4.69, 9.17) is 0 Å². The molecule has 0 aliphatic heterocycles. The van der Waals surface area contributed by atoms with Crippen LogP contribution in [0.4, 0.5) is 22.0 Å². The van der Waals surface area contributed by atoms with Gasteiger partial charge in [0.1, 0.15) is 9.26 Å². The molecule has 0 unspecified atom stereocenters. The first-order valence-electron chi connectivity index (χ1n) is 3.86. The first-order valence-corrected chi connectivity index (χ1v) is 4.94. The summed E-state index contributed by atoms with van der Waals surface area (Å²) in [6, 6.07) is 0. The lowest BCUT2D eigenvalue weighted by molar-refractivity contribution is -0.140. The first kappa shape index (κ1) is 13.4. The number of pyridine rings is 1. The lowest BCUT2D eigenvalue weighted by atomic mass is 10.1. The van der Waals surface area contributed by atoms with Crippen LogP contribution in [-0.2, 0) is 6.18 Å². The number of nitrogens with zero attached hydrogens (tertiary/aromatic N) is 1. The van der Waals surface area contributed by atoms with Gasteiger partial charge in [-0.2, -0.15) is 13.2 Å². The molecule has 0 amide bonds. The van der Waals surface area contributed by atoms with Crippen molar-refractivity contribution in [2.24, 2.45) is 0 Å². The maximum absolute atomic E-state index is 12.6. The van der Waals surface area contributed by atoms with E-state index < -0.39 is 29.5 Å². The first-order chi connectivity index (χ1) is 7.29. The fourth-order valence-electron chi connectivity index (χ4n) is 1.13. The van der Waals surface area contributed by atoms with Crippen molar-refractivity contribution in [2.75, 3.05) is 7.11 Å². The van der Waals surface area contributed by atoms with E-state index in [9.17, 15) is 22.0 Å². The molecule has 0 saturated heterocycles. The van der Waals surface area contributed by atoms with Crippen molar-refractivity contribution >= 4 is 22.6 Å². The summed E-state index contributed by atoms with van der Waals surface area (Å²) in [5.74, 6) is -0.675. The Morgan fingerprint density at radius 2 is 1.94 bits per heavy atom. The lowest BCUT2D eigenvalue weighted by Crippen LogP contribution is -2.13. The summed E-state index contributed by atoms with van der Waals surface area (Å²) < 4.78 is 66.9. The zero-order chi connectivity index (χ0) is 12.5. The average Bonchev–Trinajstić information content (AvgIpc) is 2.15. The highest BCUT2D eigenvalue weighted by Gasteiger charge is 2.40. The maximum Gasteiger partial charge on any atom is 0.420 e. The van der Waals surface area contributed by atoms with Crippen LogP contribution in [0.3, 0.4) is 0 Å². The van der Waals surface area contributed by atoms with Gasteiger partial charge in [0.25, 0.3) is 6.43 Å². The summed E-state index contributed by atoms with van der Waals surface area (Å²) in [5.41, 5.74) is -2.64. The fourth-order valence-corrected chi connectivity index (χ4v) is 1.76. The quantitative estimate of drug-likeness (QED) is 0.460. The van der Waals surface area contributed by atoms with Crippen LogP contribution in [0.1, 0.15) is 17.6 Å². The number of halogens is 6. The Morgan fingerprint density at radius 1 is 1.38 bits per heavy atom. The van der Waals surface area contributed by atoms with Crippen LogP contribution in [-0.4, -0.2) is 12.1 Å². The van der Waals surface area contributed by atoms with Crippen LogP contribution < -0.4 is 4.74 Å². The van der Waals surface area contributed by atoms with Crippen molar-refractivity contribution in [1.82, 2.24) is 4.98 Å². The van der Waals surface area contributed by atoms with Gasteiger partial charge < -0.3 is 4.74 Å². The molecule has 0 bridgehead atoms. The summed E-state index contributed by atoms with van der Waals surface area (Å²) in [7, 11) is 0.976. The molecule has 1 aromatic rings. The molecule has 0 radical (unpaired) electrons. The van der Waals surface area contributed by atoms with E-state index in [1.807, 2.05) is 0 Å². The van der Waals surface area contributed by atoms with Gasteiger partial charge >= 0.3 is 6.18 Å². The number of rotatable bonds is 2. The molecule has 0 saturated carbocycles. The van der Waals surface area contributed by atoms with Crippen LogP contribution in [0, 0.1) is 3.70 Å². The van der Waals surface area contributed by atoms with E-state index in [1.54, 1.807) is 0 Å². The number of aromatic nitrogens is 1. The van der Waals surface area contributed by atoms with E-state index >= 15 is 0 Å². The molecule has 0 aliphatic carbocycles. The number of hydrogen-bond acceptors (Lipinski definition) is 2. The van der Waals surface area contributed by atoms with Gasteiger partial charge in [0.15, 0.2) is 5.75 Å². The second-order valence-electron chi connectivity index (χ2n) is 2.71. The lowest BCUT2D eigenvalue weighted by Gasteiger charge is -2.16. The molecule has 2 nitrogen and oxygen atoms in total. The molecule has 0 spiro atoms. The molecule has 1 aromatic heterocycles. The zero-order valence-electron chi connectivity index (χ0n) is 7.78. The van der Waals surface area contributed by atoms with Gasteiger partial charge in [-0.25, -0.2) is 13.8 Å². The van der Waals surface area contributed by atoms with Gasteiger partial charge in [-0.05, 0) is 22.6 Å². The third kappa shape index (κ3) is 2.53. The molecular formula is C8H5F5INO. The molecule has 0 aromatic carbocycles. The van der Waals surface area contributed by atoms with Crippen molar-refractivity contribution in [2.45, 2.75) is 12.6 Å². The van der Waals surface area contributed by atoms with Gasteiger partial charge in [0, 0.05) is 6.20 Å². The smallest absolute Gasteiger partial charge is 0.420 e. The topological polar surface area (TPSA) is 22.1 Å². The summed E-state index contributed by atoms with van der Waals surface area (Å²) in [5, 5.41) is 0. The molecule has 1 heterocycles. The standard InChI is InChI=1S/C8H5F5INO/c1-16-5-4(8(11,12)13)3(6(9)10)2-15-7(5)14/h2,6H,1H3. The third-order valence-electron chi connectivity index (χ3n) is 1.74. The molecule has 0 N–H and O–H groups in total. The van der Waals surface area contributed by atoms with Gasteiger partial charge in [-0.3, -0.25) is 0 Å². The zero-order valence-corrected chi connectivity index (χ0v) is 9.94. The van der Waals surface area contributed by atoms with Gasteiger partial charge in [0.2, 0.25) is 0 Å². The number of methoxy groups -OCH3 is 1. The molecule has 1 rings (SSSR count). The number of ether oxygens (including phenoxy) is 1. The normalized spacial score (nSPS) is 12.0. The minimum absolute atomic E-state index is 0.114. The van der Waals surface area contributed by atoms with Gasteiger partial charge in [-0.1, -0.05) is 0 Å². The Morgan fingerprint density at radius 3 is 2.31 bits per heavy atom. The second-order valence-corrected chi connectivity index (χ2v) is 3.73. The molecule has 16 heavy (non-hydrogen) atoms. The van der Waals surface area contributed by atoms with E-state index in [0.717, 1.165) is 7.11 Å². The minimum Gasteiger partial charge on any atom is -0.493 e. The number of alkyl halides is 5. The van der Waals surface area contributed by atoms with Crippen molar-refractivity contribution < 1.29 is 26.7 Å². The summed E-state index contributed by atoms with van der Waals surface area (Å²) in [6.07, 6.45) is -7.65. The Labute approximate surface area is 101 Å². The molecule has 0 atom stereocenters. The van der Waals surface area contributed by atoms with Crippen LogP contribution in [0.5, 0.6) is 5.75 Å². The molecule has 0 fully saturated rings. The Balaban J connectivity index is 3.54. The SMILES string of the molecule is COc1c(I)ncc(C(F)F)c1C(F)(F)F. The maximum atomic E-state index is 12.6. The van der Waals surface area contributed by atoms with Crippen molar-refractivity contribution in [1.29, 1.82) is 0 Å². The van der Waals surface area contributed by atoms with Crippen LogP contribution in [0.15, 0.2) is 6.20 Å². The Bertz CT molecular complexity index is 393. The Kier molecular flexibility index (Phi) is 3.92. The fraction of sp³-hybridized carbons (Fsp3) is 0.375. The van der Waals surface area contributed by atoms with Crippen LogP contribution in [0.25, 0.3) is 0 Å². The van der Waals surface area contributed by atoms with E-state index in [2.05, 4.69) is 9.72 Å². The summed E-state index contributed by atoms with van der Waals surface area (Å²) in [4.78, 5) is 3.43. The largest absolute Gasteiger partial charge is 0.493 e. The summed E-state index contributed by atoms with van der Waals surface area (Å²) >= 11 is 1.49. The van der Waals surface area contributed by atoms with E-state index in [-0.39, 0.29) is 3.70 Å². The van der Waals surface area contributed by atoms with Crippen molar-refractivity contribution in [3.05, 3.63) is 21.0 Å². The summed E-state index contributed by atoms with van der Waals surface area (Å²) in [6.45, 7) is 0. The van der Waals surface area contributed by atoms with E-state index in [1.165, 1.54) is 22.6 Å². The van der Waals surface area contributed by atoms with Crippen molar-refractivity contribution in [3.8, 4) is 5.75 Å². The molecule has 0 aliphatic rings. The van der Waals surface area contributed by atoms with Gasteiger partial charge in [0.05, 0.1) is 12.7 Å². The van der Waals surface area contributed by atoms with Gasteiger partial charge in [-0.15, -0.1) is 0 Å². The van der Waals surface area contributed by atoms with Crippen molar-refractivity contribution in [3.63, 3.8) is 0 Å². The highest BCUT2D eigenvalue weighted by Crippen LogP contribution is 2.43. The predicted molar refractivity (Wildman–Crippen MR) is 53.5 cm³/mol.